The van der Waals surface area contributed by atoms with Gasteiger partial charge in [0.2, 0.25) is 0 Å². The first-order chi connectivity index (χ1) is 6.19. The van der Waals surface area contributed by atoms with Crippen molar-refractivity contribution >= 4 is 36.9 Å². The van der Waals surface area contributed by atoms with Crippen molar-refractivity contribution in [1.29, 1.82) is 0 Å². The summed E-state index contributed by atoms with van der Waals surface area (Å²) in [4.78, 5) is 0. The molecule has 0 atom stereocenters. The Morgan fingerprint density at radius 1 is 0.867 bits per heavy atom. The van der Waals surface area contributed by atoms with Crippen molar-refractivity contribution in [2.24, 2.45) is 0 Å². The van der Waals surface area contributed by atoms with E-state index in [-0.39, 0.29) is 0 Å². The molecule has 0 aliphatic carbocycles. The molecule has 94 valence electrons. The molecule has 0 radical (unpaired) electrons. The summed E-state index contributed by atoms with van der Waals surface area (Å²) in [6, 6.07) is 0. The van der Waals surface area contributed by atoms with E-state index < -0.39 is 14.8 Å². The van der Waals surface area contributed by atoms with E-state index in [0.29, 0.717) is 10.6 Å². The van der Waals surface area contributed by atoms with E-state index in [1.54, 1.807) is 0 Å². The Labute approximate surface area is 108 Å². The van der Waals surface area contributed by atoms with Crippen LogP contribution in [0.5, 0.6) is 0 Å². The van der Waals surface area contributed by atoms with Gasteiger partial charge < -0.3 is 0 Å². The van der Waals surface area contributed by atoms with Crippen LogP contribution in [0.15, 0.2) is 0 Å². The van der Waals surface area contributed by atoms with Crippen molar-refractivity contribution in [1.82, 2.24) is 0 Å². The van der Waals surface area contributed by atoms with Gasteiger partial charge >= 0.3 is 0 Å². The topological polar surface area (TPSA) is 0 Å². The molecule has 15 heavy (non-hydrogen) atoms. The van der Waals surface area contributed by atoms with Crippen LogP contribution in [0.2, 0.25) is 36.8 Å². The highest BCUT2D eigenvalue weighted by Crippen LogP contribution is 2.38. The SMILES string of the molecule is CC(C)(C)[Si](C)(C)Cl.CC(C)[Si](C)(C)Cl. The summed E-state index contributed by atoms with van der Waals surface area (Å²) >= 11 is 12.2. The van der Waals surface area contributed by atoms with Crippen molar-refractivity contribution in [3.05, 3.63) is 0 Å². The van der Waals surface area contributed by atoms with Gasteiger partial charge in [0.05, 0.1) is 0 Å². The highest BCUT2D eigenvalue weighted by Gasteiger charge is 2.32. The Kier molecular flexibility index (Phi) is 7.46. The Balaban J connectivity index is 0. The summed E-state index contributed by atoms with van der Waals surface area (Å²) in [5.74, 6) is 0. The zero-order valence-corrected chi connectivity index (χ0v) is 15.3. The third-order valence-corrected chi connectivity index (χ3v) is 12.5. The fourth-order valence-corrected chi connectivity index (χ4v) is 0. The Hall–Kier alpha value is 1.01. The predicted molar refractivity (Wildman–Crippen MR) is 81.5 cm³/mol. The van der Waals surface area contributed by atoms with E-state index in [4.69, 9.17) is 22.2 Å². The Morgan fingerprint density at radius 2 is 1.00 bits per heavy atom. The molecule has 0 aromatic carbocycles. The van der Waals surface area contributed by atoms with Gasteiger partial charge in [-0.2, -0.15) is 22.2 Å². The lowest BCUT2D eigenvalue weighted by Gasteiger charge is -2.29. The van der Waals surface area contributed by atoms with Crippen molar-refractivity contribution in [3.8, 4) is 0 Å². The average Bonchev–Trinajstić information content (AvgIpc) is 1.80. The maximum atomic E-state index is 6.15. The lowest BCUT2D eigenvalue weighted by molar-refractivity contribution is 0.735. The molecule has 0 aromatic heterocycles. The van der Waals surface area contributed by atoms with E-state index in [1.165, 1.54) is 0 Å². The van der Waals surface area contributed by atoms with E-state index in [9.17, 15) is 0 Å². The molecule has 0 aliphatic heterocycles. The van der Waals surface area contributed by atoms with Crippen molar-refractivity contribution in [3.63, 3.8) is 0 Å². The maximum absolute atomic E-state index is 6.15. The summed E-state index contributed by atoms with van der Waals surface area (Å²) < 4.78 is 0. The van der Waals surface area contributed by atoms with E-state index in [0.717, 1.165) is 0 Å². The first-order valence-electron chi connectivity index (χ1n) is 5.57. The summed E-state index contributed by atoms with van der Waals surface area (Å²) in [7, 11) is -2.65. The largest absolute Gasteiger partial charge is 0.167 e. The van der Waals surface area contributed by atoms with Gasteiger partial charge in [-0.15, -0.1) is 0 Å². The van der Waals surface area contributed by atoms with Gasteiger partial charge in [-0.3, -0.25) is 0 Å². The highest BCUT2D eigenvalue weighted by molar-refractivity contribution is 7.20. The molecule has 4 heteroatoms. The van der Waals surface area contributed by atoms with Gasteiger partial charge in [-0.05, 0) is 10.6 Å². The molecule has 0 bridgehead atoms. The standard InChI is InChI=1S/C6H15ClSi.C5H13ClSi/c1-6(2,3)8(4,5)7;1-5(2)7(3,4)6/h1-5H3;5H,1-4H3. The molecule has 0 fully saturated rings. The number of rotatable bonds is 1. The molecule has 0 nitrogen and oxygen atoms in total. The quantitative estimate of drug-likeness (QED) is 0.405. The molecule has 0 N–H and O–H groups in total. The molecule has 0 aromatic rings. The molecule has 0 unspecified atom stereocenters. The van der Waals surface area contributed by atoms with Crippen LogP contribution in [0.3, 0.4) is 0 Å². The van der Waals surface area contributed by atoms with Crippen molar-refractivity contribution in [2.75, 3.05) is 0 Å². The first kappa shape index (κ1) is 18.4. The maximum Gasteiger partial charge on any atom is 0.155 e. The molecule has 0 spiro atoms. The van der Waals surface area contributed by atoms with E-state index in [2.05, 4.69) is 60.8 Å². The molecule has 0 saturated carbocycles. The fourth-order valence-electron chi connectivity index (χ4n) is 0. The van der Waals surface area contributed by atoms with E-state index in [1.807, 2.05) is 0 Å². The van der Waals surface area contributed by atoms with Crippen LogP contribution in [0, 0.1) is 0 Å². The van der Waals surface area contributed by atoms with Crippen LogP contribution in [0.4, 0.5) is 0 Å². The van der Waals surface area contributed by atoms with Crippen molar-refractivity contribution < 1.29 is 0 Å². The zero-order chi connectivity index (χ0) is 13.1. The average molecular weight is 287 g/mol. The zero-order valence-electron chi connectivity index (χ0n) is 11.8. The number of hydrogen-bond donors (Lipinski definition) is 0. The second-order valence-electron chi connectivity index (χ2n) is 6.44. The van der Waals surface area contributed by atoms with Gasteiger partial charge in [0.1, 0.15) is 0 Å². The minimum atomic E-state index is -1.39. The number of halogens is 2. The predicted octanol–water partition coefficient (Wildman–Crippen LogP) is 6.07. The Morgan fingerprint density at radius 3 is 1.00 bits per heavy atom. The second kappa shape index (κ2) is 6.08. The minimum absolute atomic E-state index is 0.342. The Bertz CT molecular complexity index is 158. The van der Waals surface area contributed by atoms with Crippen LogP contribution >= 0.6 is 22.2 Å². The molecular weight excluding hydrogens is 259 g/mol. The number of hydrogen-bond acceptors (Lipinski definition) is 0. The molecule has 0 heterocycles. The van der Waals surface area contributed by atoms with Gasteiger partial charge in [0.25, 0.3) is 0 Å². The summed E-state index contributed by atoms with van der Waals surface area (Å²) in [6.07, 6.45) is 0. The van der Waals surface area contributed by atoms with Crippen LogP contribution < -0.4 is 0 Å². The third-order valence-electron chi connectivity index (χ3n) is 3.16. The molecule has 0 amide bonds. The molecular formula is C11H28Cl2Si2. The minimum Gasteiger partial charge on any atom is -0.167 e. The summed E-state index contributed by atoms with van der Waals surface area (Å²) in [5, 5.41) is 0.342. The second-order valence-corrected chi connectivity index (χ2v) is 20.9. The lowest BCUT2D eigenvalue weighted by Crippen LogP contribution is -2.29. The third kappa shape index (κ3) is 9.92. The van der Waals surface area contributed by atoms with Crippen LogP contribution in [-0.2, 0) is 0 Å². The monoisotopic (exact) mass is 286 g/mol. The van der Waals surface area contributed by atoms with Gasteiger partial charge in [0, 0.05) is 0 Å². The summed E-state index contributed by atoms with van der Waals surface area (Å²) in [6.45, 7) is 19.6. The molecule has 0 rings (SSSR count). The normalized spacial score (nSPS) is 13.6. The first-order valence-corrected chi connectivity index (χ1v) is 13.7. The van der Waals surface area contributed by atoms with Gasteiger partial charge in [-0.1, -0.05) is 60.8 Å². The fraction of sp³-hybridized carbons (Fsp3) is 1.00. The lowest BCUT2D eigenvalue weighted by atomic mass is 10.2. The van der Waals surface area contributed by atoms with Crippen molar-refractivity contribution in [2.45, 2.75) is 71.4 Å². The van der Waals surface area contributed by atoms with Crippen LogP contribution in [0.1, 0.15) is 34.6 Å². The van der Waals surface area contributed by atoms with Crippen LogP contribution in [-0.4, -0.2) is 14.8 Å². The van der Waals surface area contributed by atoms with Gasteiger partial charge in [0.15, 0.2) is 14.8 Å². The summed E-state index contributed by atoms with van der Waals surface area (Å²) in [5.41, 5.74) is 0.703. The molecule has 0 saturated heterocycles. The van der Waals surface area contributed by atoms with E-state index >= 15 is 0 Å². The van der Waals surface area contributed by atoms with Gasteiger partial charge in [-0.25, -0.2) is 0 Å². The highest BCUT2D eigenvalue weighted by atomic mass is 35.6. The molecule has 0 aliphatic rings. The van der Waals surface area contributed by atoms with Crippen LogP contribution in [0.25, 0.3) is 0 Å². The smallest absolute Gasteiger partial charge is 0.155 e.